The Morgan fingerprint density at radius 2 is 2.14 bits per heavy atom. The van der Waals surface area contributed by atoms with E-state index in [-0.39, 0.29) is 6.04 Å². The fourth-order valence-corrected chi connectivity index (χ4v) is 1.71. The van der Waals surface area contributed by atoms with Crippen LogP contribution >= 0.6 is 0 Å². The topological polar surface area (TPSA) is 43.8 Å². The number of benzene rings is 1. The van der Waals surface area contributed by atoms with E-state index in [0.717, 1.165) is 17.9 Å². The van der Waals surface area contributed by atoms with E-state index in [0.29, 0.717) is 0 Å². The van der Waals surface area contributed by atoms with Crippen molar-refractivity contribution in [2.75, 3.05) is 0 Å². The fourth-order valence-electron chi connectivity index (χ4n) is 1.71. The Morgan fingerprint density at radius 3 is 2.86 bits per heavy atom. The molecule has 2 N–H and O–H groups in total. The smallest absolute Gasteiger partial charge is 0.106 e. The average Bonchev–Trinajstić information content (AvgIpc) is 2.43. The summed E-state index contributed by atoms with van der Waals surface area (Å²) in [5, 5.41) is 0. The van der Waals surface area contributed by atoms with Crippen molar-refractivity contribution in [2.24, 2.45) is 5.73 Å². The number of aromatic nitrogens is 2. The first-order valence-electron chi connectivity index (χ1n) is 4.86. The molecule has 0 amide bonds. The molecule has 3 nitrogen and oxygen atoms in total. The van der Waals surface area contributed by atoms with Crippen LogP contribution in [0.4, 0.5) is 0 Å². The summed E-state index contributed by atoms with van der Waals surface area (Å²) in [4.78, 5) is 4.47. The van der Waals surface area contributed by atoms with E-state index < -0.39 is 0 Å². The van der Waals surface area contributed by atoms with Gasteiger partial charge in [0.25, 0.3) is 0 Å². The van der Waals surface area contributed by atoms with E-state index in [4.69, 9.17) is 5.73 Å². The van der Waals surface area contributed by atoms with Crippen LogP contribution in [0, 0.1) is 6.92 Å². The van der Waals surface area contributed by atoms with Crippen LogP contribution in [-0.2, 0) is 6.54 Å². The highest BCUT2D eigenvalue weighted by Gasteiger charge is 2.07. The van der Waals surface area contributed by atoms with Gasteiger partial charge in [-0.3, -0.25) is 0 Å². The Morgan fingerprint density at radius 1 is 1.43 bits per heavy atom. The zero-order chi connectivity index (χ0) is 10.1. The van der Waals surface area contributed by atoms with E-state index in [1.807, 2.05) is 32.0 Å². The van der Waals surface area contributed by atoms with Crippen LogP contribution < -0.4 is 5.73 Å². The van der Waals surface area contributed by atoms with Crippen molar-refractivity contribution >= 4 is 11.0 Å². The SMILES string of the molecule is Cc1nc2ccccc2n1C[C@H](C)N. The van der Waals surface area contributed by atoms with Crippen molar-refractivity contribution in [1.82, 2.24) is 9.55 Å². The average molecular weight is 189 g/mol. The van der Waals surface area contributed by atoms with Gasteiger partial charge >= 0.3 is 0 Å². The minimum Gasteiger partial charge on any atom is -0.327 e. The fraction of sp³-hybridized carbons (Fsp3) is 0.364. The monoisotopic (exact) mass is 189 g/mol. The Kier molecular flexibility index (Phi) is 2.25. The van der Waals surface area contributed by atoms with Crippen LogP contribution in [0.5, 0.6) is 0 Å². The van der Waals surface area contributed by atoms with E-state index in [2.05, 4.69) is 15.6 Å². The van der Waals surface area contributed by atoms with E-state index in [1.54, 1.807) is 0 Å². The first-order valence-corrected chi connectivity index (χ1v) is 4.86. The van der Waals surface area contributed by atoms with Gasteiger partial charge < -0.3 is 10.3 Å². The zero-order valence-electron chi connectivity index (χ0n) is 8.57. The Hall–Kier alpha value is -1.35. The van der Waals surface area contributed by atoms with E-state index in [1.165, 1.54) is 5.52 Å². The maximum atomic E-state index is 5.79. The standard InChI is InChI=1S/C11H15N3/c1-8(12)7-14-9(2)13-10-5-3-4-6-11(10)14/h3-6,8H,7,12H2,1-2H3/t8-/m0/s1. The number of aryl methyl sites for hydroxylation is 1. The van der Waals surface area contributed by atoms with Gasteiger partial charge in [0.15, 0.2) is 0 Å². The molecule has 0 aliphatic heterocycles. The maximum absolute atomic E-state index is 5.79. The molecule has 3 heteroatoms. The van der Waals surface area contributed by atoms with Crippen LogP contribution in [-0.4, -0.2) is 15.6 Å². The van der Waals surface area contributed by atoms with Crippen LogP contribution in [0.2, 0.25) is 0 Å². The van der Waals surface area contributed by atoms with Gasteiger partial charge in [-0.25, -0.2) is 4.98 Å². The number of nitrogens with two attached hydrogens (primary N) is 1. The molecule has 0 aliphatic rings. The van der Waals surface area contributed by atoms with Crippen molar-refractivity contribution in [1.29, 1.82) is 0 Å². The predicted molar refractivity (Wildman–Crippen MR) is 58.1 cm³/mol. The van der Waals surface area contributed by atoms with Gasteiger partial charge in [-0.05, 0) is 26.0 Å². The summed E-state index contributed by atoms with van der Waals surface area (Å²) in [7, 11) is 0. The molecule has 2 aromatic rings. The third-order valence-corrected chi connectivity index (χ3v) is 2.32. The largest absolute Gasteiger partial charge is 0.327 e. The number of hydrogen-bond acceptors (Lipinski definition) is 2. The lowest BCUT2D eigenvalue weighted by Gasteiger charge is -2.09. The summed E-state index contributed by atoms with van der Waals surface area (Å²) in [5.41, 5.74) is 8.01. The molecule has 14 heavy (non-hydrogen) atoms. The summed E-state index contributed by atoms with van der Waals surface area (Å²) in [6, 6.07) is 8.30. The van der Waals surface area contributed by atoms with Crippen LogP contribution in [0.1, 0.15) is 12.7 Å². The summed E-state index contributed by atoms with van der Waals surface area (Å²) in [6.45, 7) is 4.85. The predicted octanol–water partition coefficient (Wildman–Crippen LogP) is 1.69. The number of nitrogens with zero attached hydrogens (tertiary/aromatic N) is 2. The number of hydrogen-bond donors (Lipinski definition) is 1. The first kappa shape index (κ1) is 9.21. The highest BCUT2D eigenvalue weighted by Crippen LogP contribution is 2.15. The molecule has 0 unspecified atom stereocenters. The highest BCUT2D eigenvalue weighted by atomic mass is 15.1. The molecule has 74 valence electrons. The van der Waals surface area contributed by atoms with Gasteiger partial charge in [0.1, 0.15) is 5.82 Å². The lowest BCUT2D eigenvalue weighted by atomic mass is 10.3. The molecule has 1 aromatic carbocycles. The molecule has 0 radical (unpaired) electrons. The van der Waals surface area contributed by atoms with Gasteiger partial charge in [0.05, 0.1) is 11.0 Å². The van der Waals surface area contributed by atoms with E-state index >= 15 is 0 Å². The number of fused-ring (bicyclic) bond motifs is 1. The third kappa shape index (κ3) is 1.51. The number of imidazole rings is 1. The van der Waals surface area contributed by atoms with Gasteiger partial charge in [0, 0.05) is 12.6 Å². The zero-order valence-corrected chi connectivity index (χ0v) is 8.57. The molecule has 1 atom stereocenters. The molecule has 0 spiro atoms. The summed E-state index contributed by atoms with van der Waals surface area (Å²) < 4.78 is 2.17. The van der Waals surface area contributed by atoms with Crippen LogP contribution in [0.3, 0.4) is 0 Å². The molecule has 0 saturated heterocycles. The second-order valence-corrected chi connectivity index (χ2v) is 3.74. The molecule has 1 heterocycles. The molecule has 0 saturated carbocycles. The second kappa shape index (κ2) is 3.42. The summed E-state index contributed by atoms with van der Waals surface area (Å²) in [5.74, 6) is 1.03. The maximum Gasteiger partial charge on any atom is 0.106 e. The Labute approximate surface area is 83.6 Å². The molecule has 1 aromatic heterocycles. The van der Waals surface area contributed by atoms with Crippen molar-refractivity contribution in [2.45, 2.75) is 26.4 Å². The number of rotatable bonds is 2. The minimum atomic E-state index is 0.159. The van der Waals surface area contributed by atoms with Crippen molar-refractivity contribution in [3.63, 3.8) is 0 Å². The quantitative estimate of drug-likeness (QED) is 0.781. The molecule has 0 aliphatic carbocycles. The first-order chi connectivity index (χ1) is 6.68. The lowest BCUT2D eigenvalue weighted by molar-refractivity contribution is 0.589. The van der Waals surface area contributed by atoms with Crippen molar-refractivity contribution in [3.8, 4) is 0 Å². The third-order valence-electron chi connectivity index (χ3n) is 2.32. The minimum absolute atomic E-state index is 0.159. The Bertz CT molecular complexity index is 443. The molecular weight excluding hydrogens is 174 g/mol. The van der Waals surface area contributed by atoms with Gasteiger partial charge in [-0.2, -0.15) is 0 Å². The molecule has 2 rings (SSSR count). The van der Waals surface area contributed by atoms with Gasteiger partial charge in [-0.1, -0.05) is 12.1 Å². The Balaban J connectivity index is 2.56. The lowest BCUT2D eigenvalue weighted by Crippen LogP contribution is -2.22. The second-order valence-electron chi connectivity index (χ2n) is 3.74. The van der Waals surface area contributed by atoms with Gasteiger partial charge in [-0.15, -0.1) is 0 Å². The number of para-hydroxylation sites is 2. The van der Waals surface area contributed by atoms with Gasteiger partial charge in [0.2, 0.25) is 0 Å². The van der Waals surface area contributed by atoms with E-state index in [9.17, 15) is 0 Å². The molecular formula is C11H15N3. The molecule has 0 bridgehead atoms. The molecule has 0 fully saturated rings. The van der Waals surface area contributed by atoms with Crippen molar-refractivity contribution < 1.29 is 0 Å². The van der Waals surface area contributed by atoms with Crippen molar-refractivity contribution in [3.05, 3.63) is 30.1 Å². The van der Waals surface area contributed by atoms with Crippen LogP contribution in [0.25, 0.3) is 11.0 Å². The normalized spacial score (nSPS) is 13.4. The van der Waals surface area contributed by atoms with Crippen LogP contribution in [0.15, 0.2) is 24.3 Å². The summed E-state index contributed by atoms with van der Waals surface area (Å²) in [6.07, 6.45) is 0. The summed E-state index contributed by atoms with van der Waals surface area (Å²) >= 11 is 0. The highest BCUT2D eigenvalue weighted by molar-refractivity contribution is 5.75.